The van der Waals surface area contributed by atoms with Gasteiger partial charge in [0, 0.05) is 25.1 Å². The number of aromatic nitrogens is 4. The van der Waals surface area contributed by atoms with Gasteiger partial charge in [0.1, 0.15) is 29.5 Å². The molecule has 2 aliphatic rings. The Hall–Kier alpha value is -4.55. The number of pyridine rings is 1. The molecular weight excluding hydrogens is 534 g/mol. The number of rotatable bonds is 9. The number of nitro benzene ring substituents is 1. The molecule has 0 amide bonds. The average molecular weight is 566 g/mol. The highest BCUT2D eigenvalue weighted by atomic mass is 16.7. The van der Waals surface area contributed by atoms with Gasteiger partial charge < -0.3 is 18.9 Å². The van der Waals surface area contributed by atoms with Crippen LogP contribution in [0.1, 0.15) is 62.3 Å². The standard InChI is InChI=1S/C28H31N5O8/c1-32-23(16-39-28(35)41-20-11-9-19(10-12-20)33(36)37)26(30-31-32)22-13-14-24(25(29-22)17-5-3-6-17)40-21-8-4-7-18(15-21)27(34)38-2/h9-14,17-18,21H,3-8,15-16H2,1-2H3/t18-,21-/m0/s1. The van der Waals surface area contributed by atoms with Crippen molar-refractivity contribution in [1.29, 1.82) is 0 Å². The summed E-state index contributed by atoms with van der Waals surface area (Å²) in [5, 5.41) is 19.2. The molecule has 0 radical (unpaired) electrons. The van der Waals surface area contributed by atoms with Crippen molar-refractivity contribution in [1.82, 2.24) is 20.0 Å². The Balaban J connectivity index is 1.29. The SMILES string of the molecule is COC(=O)[C@H]1CCC[C@H](Oc2ccc(-c3nnn(C)c3COC(=O)Oc3ccc([N+](=O)[O-])cc3)nc2C2CCC2)C1. The Morgan fingerprint density at radius 1 is 1.07 bits per heavy atom. The molecule has 13 nitrogen and oxygen atoms in total. The number of non-ortho nitro benzene ring substituents is 1. The smallest absolute Gasteiger partial charge is 0.488 e. The summed E-state index contributed by atoms with van der Waals surface area (Å²) in [7, 11) is 3.10. The van der Waals surface area contributed by atoms with Gasteiger partial charge in [-0.3, -0.25) is 14.9 Å². The number of ether oxygens (including phenoxy) is 4. The molecule has 2 atom stereocenters. The highest BCUT2D eigenvalue weighted by Gasteiger charge is 2.32. The fraction of sp³-hybridized carbons (Fsp3) is 0.464. The summed E-state index contributed by atoms with van der Waals surface area (Å²) in [4.78, 5) is 39.6. The molecule has 2 aliphatic carbocycles. The monoisotopic (exact) mass is 565 g/mol. The van der Waals surface area contributed by atoms with Gasteiger partial charge in [0.05, 0.1) is 35.4 Å². The van der Waals surface area contributed by atoms with Crippen molar-refractivity contribution in [2.45, 2.75) is 63.6 Å². The minimum absolute atomic E-state index is 0.0958. The van der Waals surface area contributed by atoms with Crippen LogP contribution in [0, 0.1) is 16.0 Å². The highest BCUT2D eigenvalue weighted by molar-refractivity contribution is 5.72. The van der Waals surface area contributed by atoms with E-state index in [9.17, 15) is 19.7 Å². The third-order valence-electron chi connectivity index (χ3n) is 7.59. The molecule has 0 N–H and O–H groups in total. The minimum atomic E-state index is -0.976. The van der Waals surface area contributed by atoms with E-state index in [1.54, 1.807) is 13.1 Å². The Morgan fingerprint density at radius 2 is 1.83 bits per heavy atom. The van der Waals surface area contributed by atoms with Crippen LogP contribution in [-0.2, 0) is 27.9 Å². The van der Waals surface area contributed by atoms with Crippen molar-refractivity contribution in [2.24, 2.45) is 13.0 Å². The second-order valence-corrected chi connectivity index (χ2v) is 10.2. The van der Waals surface area contributed by atoms with E-state index in [1.807, 2.05) is 6.07 Å². The molecule has 1 aromatic carbocycles. The van der Waals surface area contributed by atoms with Crippen LogP contribution in [0.25, 0.3) is 11.4 Å². The number of carbonyl (C=O) groups is 2. The Labute approximate surface area is 235 Å². The zero-order valence-corrected chi connectivity index (χ0v) is 22.9. The molecular formula is C28H31N5O8. The summed E-state index contributed by atoms with van der Waals surface area (Å²) in [5.74, 6) is 0.731. The van der Waals surface area contributed by atoms with E-state index in [4.69, 9.17) is 23.9 Å². The van der Waals surface area contributed by atoms with Crippen molar-refractivity contribution >= 4 is 17.8 Å². The van der Waals surface area contributed by atoms with E-state index in [0.29, 0.717) is 29.3 Å². The van der Waals surface area contributed by atoms with Gasteiger partial charge in [-0.05, 0) is 62.8 Å². The van der Waals surface area contributed by atoms with E-state index >= 15 is 0 Å². The number of carbonyl (C=O) groups excluding carboxylic acids is 2. The van der Waals surface area contributed by atoms with Gasteiger partial charge in [-0.15, -0.1) is 5.10 Å². The first-order chi connectivity index (χ1) is 19.8. The summed E-state index contributed by atoms with van der Waals surface area (Å²) in [6.45, 7) is -0.180. The first-order valence-electron chi connectivity index (χ1n) is 13.6. The largest absolute Gasteiger partial charge is 0.514 e. The molecule has 216 valence electrons. The fourth-order valence-electron chi connectivity index (χ4n) is 5.11. The topological polar surface area (TPSA) is 158 Å². The van der Waals surface area contributed by atoms with Crippen LogP contribution < -0.4 is 9.47 Å². The van der Waals surface area contributed by atoms with Crippen molar-refractivity contribution in [3.63, 3.8) is 0 Å². The molecule has 2 heterocycles. The normalized spacial score (nSPS) is 18.7. The molecule has 2 aromatic heterocycles. The minimum Gasteiger partial charge on any atom is -0.488 e. The second kappa shape index (κ2) is 12.3. The van der Waals surface area contributed by atoms with Crippen LogP contribution >= 0.6 is 0 Å². The zero-order valence-electron chi connectivity index (χ0n) is 22.9. The molecule has 41 heavy (non-hydrogen) atoms. The number of benzene rings is 1. The Kier molecular flexibility index (Phi) is 8.41. The lowest BCUT2D eigenvalue weighted by atomic mass is 9.82. The molecule has 0 bridgehead atoms. The fourth-order valence-corrected chi connectivity index (χ4v) is 5.11. The Morgan fingerprint density at radius 3 is 2.51 bits per heavy atom. The third-order valence-corrected chi connectivity index (χ3v) is 7.59. The highest BCUT2D eigenvalue weighted by Crippen LogP contribution is 2.42. The van der Waals surface area contributed by atoms with Crippen LogP contribution in [0.3, 0.4) is 0 Å². The van der Waals surface area contributed by atoms with E-state index in [0.717, 1.165) is 44.2 Å². The van der Waals surface area contributed by atoms with Gasteiger partial charge in [-0.25, -0.2) is 14.5 Å². The average Bonchev–Trinajstić information content (AvgIpc) is 3.31. The number of esters is 1. The van der Waals surface area contributed by atoms with Crippen LogP contribution in [0.5, 0.6) is 11.5 Å². The molecule has 5 rings (SSSR count). The van der Waals surface area contributed by atoms with Gasteiger partial charge in [-0.1, -0.05) is 11.6 Å². The summed E-state index contributed by atoms with van der Waals surface area (Å²) in [6, 6.07) is 8.79. The number of hydrogen-bond acceptors (Lipinski definition) is 11. The summed E-state index contributed by atoms with van der Waals surface area (Å²) < 4.78 is 23.3. The van der Waals surface area contributed by atoms with Crippen LogP contribution in [-0.4, -0.2) is 50.2 Å². The lowest BCUT2D eigenvalue weighted by molar-refractivity contribution is -0.384. The lowest BCUT2D eigenvalue weighted by Crippen LogP contribution is -2.30. The van der Waals surface area contributed by atoms with E-state index in [2.05, 4.69) is 10.3 Å². The van der Waals surface area contributed by atoms with Crippen molar-refractivity contribution < 1.29 is 33.5 Å². The van der Waals surface area contributed by atoms with Crippen LogP contribution in [0.4, 0.5) is 10.5 Å². The molecule has 0 unspecified atom stereocenters. The first kappa shape index (κ1) is 28.0. The van der Waals surface area contributed by atoms with Crippen molar-refractivity contribution in [3.8, 4) is 22.9 Å². The molecule has 0 spiro atoms. The first-order valence-corrected chi connectivity index (χ1v) is 13.6. The molecule has 2 fully saturated rings. The van der Waals surface area contributed by atoms with Gasteiger partial charge in [0.15, 0.2) is 0 Å². The van der Waals surface area contributed by atoms with Crippen LogP contribution in [0.15, 0.2) is 36.4 Å². The molecule has 13 heteroatoms. The number of nitro groups is 1. The number of hydrogen-bond donors (Lipinski definition) is 0. The van der Waals surface area contributed by atoms with Crippen molar-refractivity contribution in [3.05, 3.63) is 57.9 Å². The van der Waals surface area contributed by atoms with E-state index < -0.39 is 11.1 Å². The second-order valence-electron chi connectivity index (χ2n) is 10.2. The summed E-state index contributed by atoms with van der Waals surface area (Å²) in [5.41, 5.74) is 2.28. The molecule has 3 aromatic rings. The number of aryl methyl sites for hydroxylation is 1. The molecule has 2 saturated carbocycles. The third kappa shape index (κ3) is 6.44. The van der Waals surface area contributed by atoms with Crippen molar-refractivity contribution in [2.75, 3.05) is 7.11 Å². The maximum absolute atomic E-state index is 12.3. The molecule has 0 aliphatic heterocycles. The number of nitrogens with zero attached hydrogens (tertiary/aromatic N) is 5. The maximum atomic E-state index is 12.3. The number of methoxy groups -OCH3 is 1. The van der Waals surface area contributed by atoms with Gasteiger partial charge >= 0.3 is 12.1 Å². The predicted molar refractivity (Wildman–Crippen MR) is 143 cm³/mol. The van der Waals surface area contributed by atoms with Gasteiger partial charge in [0.25, 0.3) is 5.69 Å². The van der Waals surface area contributed by atoms with Gasteiger partial charge in [0.2, 0.25) is 0 Å². The van der Waals surface area contributed by atoms with E-state index in [1.165, 1.54) is 36.1 Å². The quantitative estimate of drug-likeness (QED) is 0.151. The van der Waals surface area contributed by atoms with Crippen LogP contribution in [0.2, 0.25) is 0 Å². The predicted octanol–water partition coefficient (Wildman–Crippen LogP) is 4.88. The zero-order chi connectivity index (χ0) is 28.9. The molecule has 0 saturated heterocycles. The summed E-state index contributed by atoms with van der Waals surface area (Å²) in [6.07, 6.45) is 5.23. The Bertz CT molecular complexity index is 1420. The lowest BCUT2D eigenvalue weighted by Gasteiger charge is -2.31. The van der Waals surface area contributed by atoms with E-state index in [-0.39, 0.29) is 42.0 Å². The van der Waals surface area contributed by atoms with Gasteiger partial charge in [-0.2, -0.15) is 0 Å². The summed E-state index contributed by atoms with van der Waals surface area (Å²) >= 11 is 0. The maximum Gasteiger partial charge on any atom is 0.514 e.